The number of nitrogens with one attached hydrogen (secondary N) is 1. The van der Waals surface area contributed by atoms with Crippen molar-refractivity contribution in [1.82, 2.24) is 19.5 Å². The van der Waals surface area contributed by atoms with Gasteiger partial charge in [0, 0.05) is 11.4 Å². The zero-order chi connectivity index (χ0) is 20.1. The number of aromatic amines is 1. The van der Waals surface area contributed by atoms with Crippen molar-refractivity contribution in [3.05, 3.63) is 40.5 Å². The highest BCUT2D eigenvalue weighted by molar-refractivity contribution is 9.10. The van der Waals surface area contributed by atoms with Crippen LogP contribution in [0.4, 0.5) is 0 Å². The number of ether oxygens (including phenoxy) is 2. The van der Waals surface area contributed by atoms with Gasteiger partial charge in [0.2, 0.25) is 0 Å². The van der Waals surface area contributed by atoms with Gasteiger partial charge in [-0.25, -0.2) is 14.8 Å². The molecular weight excluding hydrogens is 436 g/mol. The number of methoxy groups -OCH3 is 1. The summed E-state index contributed by atoms with van der Waals surface area (Å²) in [5, 5.41) is 1.01. The predicted molar refractivity (Wildman–Crippen MR) is 113 cm³/mol. The molecule has 3 aromatic heterocycles. The van der Waals surface area contributed by atoms with Crippen LogP contribution in [-0.4, -0.2) is 39.2 Å². The van der Waals surface area contributed by atoms with Gasteiger partial charge in [0.1, 0.15) is 21.5 Å². The number of hydrogen-bond donors (Lipinski definition) is 1. The van der Waals surface area contributed by atoms with E-state index < -0.39 is 0 Å². The van der Waals surface area contributed by atoms with Crippen LogP contribution in [0.15, 0.2) is 34.9 Å². The molecule has 29 heavy (non-hydrogen) atoms. The number of benzene rings is 1. The van der Waals surface area contributed by atoms with E-state index in [9.17, 15) is 4.79 Å². The first kappa shape index (κ1) is 18.2. The molecule has 148 valence electrons. The van der Waals surface area contributed by atoms with Crippen LogP contribution in [0.5, 0.6) is 5.75 Å². The number of hydrogen-bond acceptors (Lipinski definition) is 5. The molecule has 1 aromatic carbocycles. The highest BCUT2D eigenvalue weighted by Gasteiger charge is 2.31. The Kier molecular flexibility index (Phi) is 4.31. The average molecular weight is 455 g/mol. The van der Waals surface area contributed by atoms with Crippen molar-refractivity contribution < 1.29 is 14.3 Å². The number of H-pyrrole nitrogens is 1. The fraction of sp³-hybridized carbons (Fsp3) is 0.286. The van der Waals surface area contributed by atoms with Crippen LogP contribution in [0.25, 0.3) is 33.6 Å². The van der Waals surface area contributed by atoms with Crippen molar-refractivity contribution in [2.24, 2.45) is 0 Å². The van der Waals surface area contributed by atoms with E-state index in [4.69, 9.17) is 14.5 Å². The molecule has 1 saturated carbocycles. The lowest BCUT2D eigenvalue weighted by atomic mass is 10.2. The molecular formula is C21H19BrN4O3. The number of rotatable bonds is 5. The number of carbonyl (C=O) groups is 1. The van der Waals surface area contributed by atoms with Crippen LogP contribution in [0.2, 0.25) is 0 Å². The number of fused-ring (bicyclic) bond motifs is 2. The number of pyridine rings is 1. The summed E-state index contributed by atoms with van der Waals surface area (Å²) < 4.78 is 13.8. The summed E-state index contributed by atoms with van der Waals surface area (Å²) in [6.45, 7) is 2.11. The normalized spacial score (nSPS) is 13.9. The molecule has 0 amide bonds. The van der Waals surface area contributed by atoms with Crippen LogP contribution >= 0.6 is 15.9 Å². The molecule has 1 aliphatic rings. The lowest BCUT2D eigenvalue weighted by molar-refractivity contribution is 0.0526. The van der Waals surface area contributed by atoms with Gasteiger partial charge < -0.3 is 19.0 Å². The third-order valence-corrected chi connectivity index (χ3v) is 5.52. The van der Waals surface area contributed by atoms with Gasteiger partial charge in [0.05, 0.1) is 30.5 Å². The summed E-state index contributed by atoms with van der Waals surface area (Å²) in [6, 6.07) is 9.84. The Morgan fingerprint density at radius 1 is 1.28 bits per heavy atom. The molecule has 8 heteroatoms. The molecule has 0 spiro atoms. The first-order valence-electron chi connectivity index (χ1n) is 9.51. The lowest BCUT2D eigenvalue weighted by Gasteiger charge is -2.10. The Hall–Kier alpha value is -2.87. The van der Waals surface area contributed by atoms with Gasteiger partial charge in [-0.1, -0.05) is 0 Å². The molecule has 0 saturated heterocycles. The first-order valence-corrected chi connectivity index (χ1v) is 10.3. The van der Waals surface area contributed by atoms with Crippen molar-refractivity contribution >= 4 is 44.0 Å². The zero-order valence-corrected chi connectivity index (χ0v) is 17.6. The van der Waals surface area contributed by atoms with Crippen molar-refractivity contribution in [2.75, 3.05) is 13.7 Å². The number of halogens is 1. The van der Waals surface area contributed by atoms with Crippen LogP contribution in [0.3, 0.4) is 0 Å². The summed E-state index contributed by atoms with van der Waals surface area (Å²) in [7, 11) is 1.61. The molecule has 1 aliphatic carbocycles. The minimum Gasteiger partial charge on any atom is -0.494 e. The van der Waals surface area contributed by atoms with Gasteiger partial charge in [-0.05, 0) is 66.0 Å². The van der Waals surface area contributed by atoms with Gasteiger partial charge in [-0.3, -0.25) is 0 Å². The van der Waals surface area contributed by atoms with Gasteiger partial charge in [-0.2, -0.15) is 0 Å². The van der Waals surface area contributed by atoms with Crippen molar-refractivity contribution in [2.45, 2.75) is 25.8 Å². The number of aromatic nitrogens is 4. The molecule has 0 atom stereocenters. The summed E-state index contributed by atoms with van der Waals surface area (Å²) in [5.74, 6) is 1.05. The first-order chi connectivity index (χ1) is 14.1. The third-order valence-electron chi connectivity index (χ3n) is 5.08. The second-order valence-electron chi connectivity index (χ2n) is 7.06. The Morgan fingerprint density at radius 3 is 2.83 bits per heavy atom. The molecule has 5 rings (SSSR count). The van der Waals surface area contributed by atoms with Gasteiger partial charge >= 0.3 is 5.97 Å². The fourth-order valence-corrected chi connectivity index (χ4v) is 3.97. The molecule has 0 radical (unpaired) electrons. The SMILES string of the molecule is CCOC(=O)c1cc(OC)c2c(c1)nc(-c1cc3ccc(Br)nc3[nH]1)n2C1CC1. The van der Waals surface area contributed by atoms with E-state index in [0.29, 0.717) is 29.5 Å². The minimum absolute atomic E-state index is 0.318. The van der Waals surface area contributed by atoms with E-state index in [1.807, 2.05) is 18.2 Å². The maximum Gasteiger partial charge on any atom is 0.338 e. The van der Waals surface area contributed by atoms with Crippen LogP contribution in [0.1, 0.15) is 36.2 Å². The Bertz CT molecular complexity index is 1260. The second-order valence-corrected chi connectivity index (χ2v) is 7.87. The number of esters is 1. The van der Waals surface area contributed by atoms with E-state index in [1.165, 1.54) is 0 Å². The molecule has 1 N–H and O–H groups in total. The standard InChI is InChI=1S/C21H19BrN4O3/c1-3-29-21(27)12-9-14-18(16(10-12)28-2)26(13-5-6-13)20(24-14)15-8-11-4-7-17(22)25-19(11)23-15/h4,7-10,13H,3,5-6H2,1-2H3,(H,23,25). The minimum atomic E-state index is -0.380. The summed E-state index contributed by atoms with van der Waals surface area (Å²) in [4.78, 5) is 25.0. The Balaban J connectivity index is 1.74. The highest BCUT2D eigenvalue weighted by atomic mass is 79.9. The van der Waals surface area contributed by atoms with Crippen LogP contribution in [0, 0.1) is 0 Å². The highest BCUT2D eigenvalue weighted by Crippen LogP contribution is 2.44. The van der Waals surface area contributed by atoms with Crippen LogP contribution in [-0.2, 0) is 4.74 Å². The molecule has 7 nitrogen and oxygen atoms in total. The monoisotopic (exact) mass is 454 g/mol. The molecule has 4 aromatic rings. The van der Waals surface area contributed by atoms with Gasteiger partial charge in [0.15, 0.2) is 5.82 Å². The Morgan fingerprint density at radius 2 is 2.10 bits per heavy atom. The largest absolute Gasteiger partial charge is 0.494 e. The van der Waals surface area contributed by atoms with E-state index in [-0.39, 0.29) is 5.97 Å². The van der Waals surface area contributed by atoms with Crippen molar-refractivity contribution in [1.29, 1.82) is 0 Å². The van der Waals surface area contributed by atoms with E-state index in [1.54, 1.807) is 26.2 Å². The predicted octanol–water partition coefficient (Wildman–Crippen LogP) is 4.86. The average Bonchev–Trinajstić information content (AvgIpc) is 3.34. The smallest absolute Gasteiger partial charge is 0.338 e. The number of carbonyl (C=O) groups excluding carboxylic acids is 1. The molecule has 3 heterocycles. The quantitative estimate of drug-likeness (QED) is 0.343. The maximum absolute atomic E-state index is 12.3. The number of imidazole rings is 1. The molecule has 0 bridgehead atoms. The van der Waals surface area contributed by atoms with Crippen LogP contribution < -0.4 is 4.74 Å². The second kappa shape index (κ2) is 6.88. The van der Waals surface area contributed by atoms with Gasteiger partial charge in [-0.15, -0.1) is 0 Å². The maximum atomic E-state index is 12.3. The van der Waals surface area contributed by atoms with E-state index in [0.717, 1.165) is 45.5 Å². The molecule has 1 fully saturated rings. The van der Waals surface area contributed by atoms with Gasteiger partial charge in [0.25, 0.3) is 0 Å². The molecule has 0 unspecified atom stereocenters. The van der Waals surface area contributed by atoms with Crippen molar-refractivity contribution in [3.8, 4) is 17.3 Å². The van der Waals surface area contributed by atoms with E-state index in [2.05, 4.69) is 30.5 Å². The summed E-state index contributed by atoms with van der Waals surface area (Å²) in [5.41, 5.74) is 3.72. The lowest BCUT2D eigenvalue weighted by Crippen LogP contribution is -2.05. The third kappa shape index (κ3) is 3.07. The van der Waals surface area contributed by atoms with Crippen molar-refractivity contribution in [3.63, 3.8) is 0 Å². The molecule has 0 aliphatic heterocycles. The number of nitrogens with zero attached hydrogens (tertiary/aromatic N) is 3. The fourth-order valence-electron chi connectivity index (χ4n) is 3.66. The summed E-state index contributed by atoms with van der Waals surface area (Å²) >= 11 is 3.41. The Labute approximate surface area is 175 Å². The zero-order valence-electron chi connectivity index (χ0n) is 16.0. The topological polar surface area (TPSA) is 82.0 Å². The summed E-state index contributed by atoms with van der Waals surface area (Å²) in [6.07, 6.45) is 2.18. The van der Waals surface area contributed by atoms with E-state index >= 15 is 0 Å².